The van der Waals surface area contributed by atoms with Crippen LogP contribution in [0.1, 0.15) is 0 Å². The van der Waals surface area contributed by atoms with E-state index in [1.807, 2.05) is 0 Å². The van der Waals surface area contributed by atoms with Crippen LogP contribution in [0.5, 0.6) is 0 Å². The van der Waals surface area contributed by atoms with Crippen LogP contribution >= 0.6 is 34.9 Å². The van der Waals surface area contributed by atoms with Crippen molar-refractivity contribution in [3.63, 3.8) is 0 Å². The van der Waals surface area contributed by atoms with E-state index >= 15 is 0 Å². The second-order valence-electron chi connectivity index (χ2n) is 8.50. The maximum atomic E-state index is 4.81. The van der Waals surface area contributed by atoms with Gasteiger partial charge in [-0.3, -0.25) is 0 Å². The first-order valence-corrected chi connectivity index (χ1v) is 19.3. The molecule has 0 aliphatic heterocycles. The summed E-state index contributed by atoms with van der Waals surface area (Å²) < 4.78 is 0. The molecule has 0 nitrogen and oxygen atoms in total. The van der Waals surface area contributed by atoms with Crippen molar-refractivity contribution in [3.05, 3.63) is 170 Å². The van der Waals surface area contributed by atoms with Gasteiger partial charge in [0.1, 0.15) is 0 Å². The van der Waals surface area contributed by atoms with Crippen LogP contribution in [-0.2, 0) is 33.0 Å². The summed E-state index contributed by atoms with van der Waals surface area (Å²) in [5.41, 5.74) is 0.532. The molecule has 5 aromatic carbocycles. The maximum Gasteiger partial charge on any atom is 2.00 e. The summed E-state index contributed by atoms with van der Waals surface area (Å²) >= 11 is -0.106. The minimum atomic E-state index is -0.409. The zero-order chi connectivity index (χ0) is 27.1. The zero-order valence-corrected chi connectivity index (χ0v) is 27.5. The SMILES string of the molecule is C1=CC(P(c2ccccc2)c2ccccc2)C=C1.[Cl][Pd][Cl].[Fe+2].c1ccc(P(c2ccccc2)c2ccc[cH-]2)cc1. The monoisotopic (exact) mass is 731 g/mol. The van der Waals surface area contributed by atoms with Crippen molar-refractivity contribution in [1.82, 2.24) is 0 Å². The largest absolute Gasteiger partial charge is 2.00 e. The van der Waals surface area contributed by atoms with E-state index in [1.165, 1.54) is 26.5 Å². The van der Waals surface area contributed by atoms with Gasteiger partial charge in [-0.2, -0.15) is 12.1 Å². The molecule has 0 atom stereocenters. The van der Waals surface area contributed by atoms with Crippen molar-refractivity contribution >= 4 is 61.4 Å². The predicted octanol–water partition coefficient (Wildman–Crippen LogP) is 8.15. The third kappa shape index (κ3) is 9.71. The van der Waals surface area contributed by atoms with E-state index < -0.39 is 7.92 Å². The Labute approximate surface area is 268 Å². The number of rotatable bonds is 6. The van der Waals surface area contributed by atoms with E-state index in [0.717, 1.165) is 0 Å². The summed E-state index contributed by atoms with van der Waals surface area (Å²) in [5.74, 6) is 0. The smallest absolute Gasteiger partial charge is 0.213 e. The third-order valence-corrected chi connectivity index (χ3v) is 11.1. The van der Waals surface area contributed by atoms with Crippen LogP contribution in [0.4, 0.5) is 0 Å². The average molecular weight is 733 g/mol. The van der Waals surface area contributed by atoms with Gasteiger partial charge in [-0.1, -0.05) is 146 Å². The molecular weight excluding hydrogens is 703 g/mol. The molecule has 5 aromatic rings. The summed E-state index contributed by atoms with van der Waals surface area (Å²) in [7, 11) is 8.89. The molecule has 0 radical (unpaired) electrons. The Balaban J connectivity index is 0.000000197. The minimum absolute atomic E-state index is 0. The molecule has 1 aliphatic rings. The summed E-state index contributed by atoms with van der Waals surface area (Å²) in [6.45, 7) is 0. The van der Waals surface area contributed by atoms with Crippen LogP contribution in [0.2, 0.25) is 0 Å². The Kier molecular flexibility index (Phi) is 15.4. The van der Waals surface area contributed by atoms with Crippen LogP contribution in [-0.4, -0.2) is 5.66 Å². The zero-order valence-electron chi connectivity index (χ0n) is 21.6. The molecule has 0 heterocycles. The van der Waals surface area contributed by atoms with Gasteiger partial charge in [0.25, 0.3) is 0 Å². The Bertz CT molecular complexity index is 1310. The van der Waals surface area contributed by atoms with Gasteiger partial charge >= 0.3 is 52.1 Å². The van der Waals surface area contributed by atoms with Gasteiger partial charge in [-0.05, 0) is 37.1 Å². The predicted molar refractivity (Wildman–Crippen MR) is 174 cm³/mol. The van der Waals surface area contributed by atoms with E-state index in [-0.39, 0.29) is 40.9 Å². The van der Waals surface area contributed by atoms with Crippen molar-refractivity contribution in [3.8, 4) is 0 Å². The molecule has 0 unspecified atom stereocenters. The number of allylic oxidation sites excluding steroid dienone is 4. The minimum Gasteiger partial charge on any atom is -0.213 e. The summed E-state index contributed by atoms with van der Waals surface area (Å²) in [5, 5.41) is 7.12. The average Bonchev–Trinajstić information content (AvgIpc) is 3.72. The molecule has 0 spiro atoms. The number of hydrogen-bond acceptors (Lipinski definition) is 0. The molecular formula is C34H29Cl2FeP2Pd+. The second-order valence-corrected chi connectivity index (χ2v) is 15.4. The molecule has 0 aromatic heterocycles. The normalized spacial score (nSPS) is 11.9. The molecule has 40 heavy (non-hydrogen) atoms. The van der Waals surface area contributed by atoms with Gasteiger partial charge in [0.05, 0.1) is 0 Å². The maximum absolute atomic E-state index is 4.81. The first-order chi connectivity index (χ1) is 19.3. The van der Waals surface area contributed by atoms with Gasteiger partial charge in [0.2, 0.25) is 0 Å². The van der Waals surface area contributed by atoms with Crippen LogP contribution in [0.3, 0.4) is 0 Å². The fraction of sp³-hybridized carbons (Fsp3) is 0.0294. The molecule has 0 saturated carbocycles. The van der Waals surface area contributed by atoms with Crippen LogP contribution in [0, 0.1) is 0 Å². The van der Waals surface area contributed by atoms with Crippen molar-refractivity contribution in [2.24, 2.45) is 0 Å². The molecule has 0 bridgehead atoms. The quantitative estimate of drug-likeness (QED) is 0.0940. The van der Waals surface area contributed by atoms with Crippen LogP contribution in [0.25, 0.3) is 0 Å². The first kappa shape index (κ1) is 32.8. The van der Waals surface area contributed by atoms with Crippen LogP contribution < -0.4 is 26.5 Å². The van der Waals surface area contributed by atoms with Crippen LogP contribution in [0.15, 0.2) is 170 Å². The summed E-state index contributed by atoms with van der Waals surface area (Å²) in [4.78, 5) is 0. The molecule has 206 valence electrons. The van der Waals surface area contributed by atoms with Gasteiger partial charge in [-0.25, -0.2) is 12.1 Å². The number of hydrogen-bond donors (Lipinski definition) is 0. The number of benzene rings is 4. The van der Waals surface area contributed by atoms with Crippen molar-refractivity contribution in [2.75, 3.05) is 0 Å². The molecule has 0 fully saturated rings. The van der Waals surface area contributed by atoms with Crippen molar-refractivity contribution < 1.29 is 33.0 Å². The fourth-order valence-electron chi connectivity index (χ4n) is 4.38. The van der Waals surface area contributed by atoms with E-state index in [9.17, 15) is 0 Å². The summed E-state index contributed by atoms with van der Waals surface area (Å²) in [6.07, 6.45) is 8.94. The first-order valence-electron chi connectivity index (χ1n) is 12.5. The van der Waals surface area contributed by atoms with E-state index in [0.29, 0.717) is 5.66 Å². The Morgan fingerprint density at radius 2 is 0.900 bits per heavy atom. The molecule has 6 rings (SSSR count). The van der Waals surface area contributed by atoms with Gasteiger partial charge in [-0.15, -0.1) is 5.30 Å². The van der Waals surface area contributed by atoms with Crippen molar-refractivity contribution in [2.45, 2.75) is 5.66 Å². The summed E-state index contributed by atoms with van der Waals surface area (Å²) in [6, 6.07) is 52.0. The van der Waals surface area contributed by atoms with E-state index in [1.54, 1.807) is 0 Å². The standard InChI is InChI=1S/C17H15P.C17H14P.2ClH.Fe.Pd/c2*1-3-9-15(10-4-1)18(17-13-7-8-14-17)16-11-5-2-6-12-16;;;;/h1-14,17H;1-14H;2*1H;;/q;-1;;;2*+2/p-2. The molecule has 0 N–H and O–H groups in total. The topological polar surface area (TPSA) is 0 Å². The Morgan fingerprint density at radius 3 is 1.25 bits per heavy atom. The van der Waals surface area contributed by atoms with Crippen molar-refractivity contribution in [1.29, 1.82) is 0 Å². The van der Waals surface area contributed by atoms with E-state index in [4.69, 9.17) is 19.1 Å². The van der Waals surface area contributed by atoms with Gasteiger partial charge < -0.3 is 0 Å². The second kappa shape index (κ2) is 18.7. The Hall–Kier alpha value is -1.67. The number of halogens is 2. The molecule has 6 heteroatoms. The van der Waals surface area contributed by atoms with Gasteiger partial charge in [0, 0.05) is 5.66 Å². The van der Waals surface area contributed by atoms with Gasteiger partial charge in [0.15, 0.2) is 0 Å². The molecule has 1 aliphatic carbocycles. The fourth-order valence-corrected chi connectivity index (χ4v) is 9.20. The third-order valence-electron chi connectivity index (χ3n) is 6.03. The Morgan fingerprint density at radius 1 is 0.525 bits per heavy atom. The molecule has 0 saturated heterocycles. The van der Waals surface area contributed by atoms with E-state index in [2.05, 4.69) is 170 Å². The molecule has 0 amide bonds.